The molecule has 2 aliphatic heterocycles. The van der Waals surface area contributed by atoms with E-state index >= 15 is 0 Å². The number of aliphatic imine (C=N–C) groups is 1. The van der Waals surface area contributed by atoms with Gasteiger partial charge in [0.05, 0.1) is 5.57 Å². The molecule has 0 spiro atoms. The molecule has 0 unspecified atom stereocenters. The average molecular weight is 420 g/mol. The smallest absolute Gasteiger partial charge is 0.283 e. The molecule has 2 aromatic carbocycles. The fourth-order valence-corrected chi connectivity index (χ4v) is 3.66. The maximum Gasteiger partial charge on any atom is 0.283 e. The van der Waals surface area contributed by atoms with Gasteiger partial charge in [0.15, 0.2) is 5.84 Å². The molecule has 30 heavy (non-hydrogen) atoms. The second kappa shape index (κ2) is 8.96. The monoisotopic (exact) mass is 420 g/mol. The standard InChI is InChI=1S/C22H20N4O3S/c1-2-19-25-26-20(23)18(21(27)24-22(26)30-19)14-15-8-10-17(11-9-15)29-13-12-28-16-6-4-3-5-7-16/h3-11,14,23H,2,12-13H2,1H3. The quantitative estimate of drug-likeness (QED) is 0.536. The van der Waals surface area contributed by atoms with Gasteiger partial charge >= 0.3 is 0 Å². The number of para-hydroxylation sites is 1. The lowest BCUT2D eigenvalue weighted by Crippen LogP contribution is -2.35. The van der Waals surface area contributed by atoms with Gasteiger partial charge in [0, 0.05) is 0 Å². The molecule has 0 fully saturated rings. The third kappa shape index (κ3) is 4.44. The van der Waals surface area contributed by atoms with Crippen molar-refractivity contribution in [3.8, 4) is 11.5 Å². The van der Waals surface area contributed by atoms with Crippen molar-refractivity contribution < 1.29 is 14.3 Å². The lowest BCUT2D eigenvalue weighted by Gasteiger charge is -2.20. The first-order valence-corrected chi connectivity index (χ1v) is 10.4. The van der Waals surface area contributed by atoms with Gasteiger partial charge in [-0.3, -0.25) is 10.2 Å². The SMILES string of the molecule is CCC1=NN2C(=N)C(=Cc3ccc(OCCOc4ccccc4)cc3)C(=O)N=C2S1. The number of fused-ring (bicyclic) bond motifs is 1. The molecule has 152 valence electrons. The predicted molar refractivity (Wildman–Crippen MR) is 119 cm³/mol. The van der Waals surface area contributed by atoms with Crippen molar-refractivity contribution in [3.63, 3.8) is 0 Å². The number of hydrogen-bond donors (Lipinski definition) is 1. The van der Waals surface area contributed by atoms with Crippen molar-refractivity contribution in [1.29, 1.82) is 5.41 Å². The number of thioether (sulfide) groups is 1. The van der Waals surface area contributed by atoms with Crippen molar-refractivity contribution in [2.45, 2.75) is 13.3 Å². The van der Waals surface area contributed by atoms with Crippen LogP contribution in [0.3, 0.4) is 0 Å². The van der Waals surface area contributed by atoms with Gasteiger partial charge in [-0.15, -0.1) is 0 Å². The van der Waals surface area contributed by atoms with E-state index in [-0.39, 0.29) is 11.4 Å². The maximum absolute atomic E-state index is 12.4. The number of hydrogen-bond acceptors (Lipinski definition) is 6. The maximum atomic E-state index is 12.4. The van der Waals surface area contributed by atoms with Crippen LogP contribution in [0.15, 0.2) is 70.3 Å². The summed E-state index contributed by atoms with van der Waals surface area (Å²) in [4.78, 5) is 16.4. The van der Waals surface area contributed by atoms with Gasteiger partial charge in [0.1, 0.15) is 29.8 Å². The van der Waals surface area contributed by atoms with Gasteiger partial charge < -0.3 is 9.47 Å². The second-order valence-corrected chi connectivity index (χ2v) is 7.49. The van der Waals surface area contributed by atoms with Crippen LogP contribution in [0.25, 0.3) is 6.08 Å². The molecule has 7 nitrogen and oxygen atoms in total. The van der Waals surface area contributed by atoms with Gasteiger partial charge in [0.25, 0.3) is 5.91 Å². The number of carbonyl (C=O) groups is 1. The number of rotatable bonds is 7. The first-order chi connectivity index (χ1) is 14.6. The van der Waals surface area contributed by atoms with Crippen LogP contribution in [-0.4, -0.2) is 40.2 Å². The first kappa shape index (κ1) is 19.9. The molecule has 0 atom stereocenters. The number of amidine groups is 2. The third-order valence-electron chi connectivity index (χ3n) is 4.35. The number of nitrogens with zero attached hydrogens (tertiary/aromatic N) is 3. The van der Waals surface area contributed by atoms with E-state index in [2.05, 4.69) is 10.1 Å². The van der Waals surface area contributed by atoms with Gasteiger partial charge in [-0.1, -0.05) is 37.3 Å². The highest BCUT2D eigenvalue weighted by Gasteiger charge is 2.34. The van der Waals surface area contributed by atoms with Crippen LogP contribution in [0.4, 0.5) is 0 Å². The van der Waals surface area contributed by atoms with Crippen LogP contribution in [0.5, 0.6) is 11.5 Å². The van der Waals surface area contributed by atoms with E-state index in [0.29, 0.717) is 24.1 Å². The molecular formula is C22H20N4O3S. The Morgan fingerprint density at radius 2 is 1.70 bits per heavy atom. The highest BCUT2D eigenvalue weighted by Crippen LogP contribution is 2.29. The fourth-order valence-electron chi connectivity index (χ4n) is 2.84. The van der Waals surface area contributed by atoms with Gasteiger partial charge in [0.2, 0.25) is 5.17 Å². The molecule has 4 rings (SSSR count). The van der Waals surface area contributed by atoms with E-state index < -0.39 is 5.91 Å². The van der Waals surface area contributed by atoms with Crippen molar-refractivity contribution in [2.75, 3.05) is 13.2 Å². The number of carbonyl (C=O) groups excluding carboxylic acids is 1. The molecule has 2 aliphatic rings. The highest BCUT2D eigenvalue weighted by molar-refractivity contribution is 8.26. The molecule has 1 N–H and O–H groups in total. The number of benzene rings is 2. The van der Waals surface area contributed by atoms with E-state index in [0.717, 1.165) is 22.8 Å². The number of hydrazone groups is 1. The summed E-state index contributed by atoms with van der Waals surface area (Å²) in [5, 5.41) is 15.4. The largest absolute Gasteiger partial charge is 0.490 e. The summed E-state index contributed by atoms with van der Waals surface area (Å²) < 4.78 is 11.3. The third-order valence-corrected chi connectivity index (χ3v) is 5.41. The Balaban J connectivity index is 1.37. The van der Waals surface area contributed by atoms with Crippen LogP contribution in [0.1, 0.15) is 18.9 Å². The Labute approximate surface area is 178 Å². The first-order valence-electron chi connectivity index (χ1n) is 9.54. The topological polar surface area (TPSA) is 87.3 Å². The zero-order chi connectivity index (χ0) is 20.9. The summed E-state index contributed by atoms with van der Waals surface area (Å²) in [6.45, 7) is 2.83. The number of amides is 1. The van der Waals surface area contributed by atoms with E-state index in [9.17, 15) is 4.79 Å². The molecule has 2 heterocycles. The van der Waals surface area contributed by atoms with Crippen LogP contribution >= 0.6 is 11.8 Å². The molecule has 0 saturated heterocycles. The Morgan fingerprint density at radius 3 is 2.37 bits per heavy atom. The van der Waals surface area contributed by atoms with Crippen LogP contribution in [0, 0.1) is 5.41 Å². The lowest BCUT2D eigenvalue weighted by atomic mass is 10.1. The minimum absolute atomic E-state index is 0.0411. The van der Waals surface area contributed by atoms with E-state index in [1.54, 1.807) is 6.08 Å². The number of ether oxygens (including phenoxy) is 2. The normalized spacial score (nSPS) is 17.0. The Hall–Kier alpha value is -3.39. The summed E-state index contributed by atoms with van der Waals surface area (Å²) >= 11 is 1.33. The molecular weight excluding hydrogens is 400 g/mol. The fraction of sp³-hybridized carbons (Fsp3) is 0.182. The summed E-state index contributed by atoms with van der Waals surface area (Å²) in [5.74, 6) is 1.12. The lowest BCUT2D eigenvalue weighted by molar-refractivity contribution is -0.114. The van der Waals surface area contributed by atoms with E-state index in [1.807, 2.05) is 61.5 Å². The zero-order valence-corrected chi connectivity index (χ0v) is 17.2. The summed E-state index contributed by atoms with van der Waals surface area (Å²) in [6.07, 6.45) is 2.38. The molecule has 0 aromatic heterocycles. The van der Waals surface area contributed by atoms with Crippen molar-refractivity contribution in [1.82, 2.24) is 5.01 Å². The van der Waals surface area contributed by atoms with E-state index in [1.165, 1.54) is 16.8 Å². The van der Waals surface area contributed by atoms with Crippen molar-refractivity contribution in [2.24, 2.45) is 10.1 Å². The molecule has 0 saturated carbocycles. The van der Waals surface area contributed by atoms with Gasteiger partial charge in [-0.25, -0.2) is 0 Å². The summed E-state index contributed by atoms with van der Waals surface area (Å²) in [6, 6.07) is 16.9. The predicted octanol–water partition coefficient (Wildman–Crippen LogP) is 4.17. The molecule has 1 amide bonds. The number of nitrogens with one attached hydrogen (secondary N) is 1. The Bertz CT molecular complexity index is 1050. The summed E-state index contributed by atoms with van der Waals surface area (Å²) in [5.41, 5.74) is 0.992. The van der Waals surface area contributed by atoms with Crippen LogP contribution in [0.2, 0.25) is 0 Å². The minimum atomic E-state index is -0.426. The minimum Gasteiger partial charge on any atom is -0.490 e. The average Bonchev–Trinajstić information content (AvgIpc) is 3.19. The van der Waals surface area contributed by atoms with Crippen molar-refractivity contribution >= 4 is 39.8 Å². The Kier molecular flexibility index (Phi) is 5.94. The molecule has 2 aromatic rings. The zero-order valence-electron chi connectivity index (χ0n) is 16.4. The molecule has 8 heteroatoms. The molecule has 0 radical (unpaired) electrons. The molecule has 0 bridgehead atoms. The van der Waals surface area contributed by atoms with Gasteiger partial charge in [-0.05, 0) is 54.1 Å². The van der Waals surface area contributed by atoms with Crippen LogP contribution < -0.4 is 9.47 Å². The molecule has 0 aliphatic carbocycles. The summed E-state index contributed by atoms with van der Waals surface area (Å²) in [7, 11) is 0. The van der Waals surface area contributed by atoms with Crippen LogP contribution in [-0.2, 0) is 4.79 Å². The van der Waals surface area contributed by atoms with Crippen molar-refractivity contribution in [3.05, 3.63) is 65.7 Å². The van der Waals surface area contributed by atoms with E-state index in [4.69, 9.17) is 14.9 Å². The highest BCUT2D eigenvalue weighted by atomic mass is 32.2. The Morgan fingerprint density at radius 1 is 1.03 bits per heavy atom. The van der Waals surface area contributed by atoms with Gasteiger partial charge in [-0.2, -0.15) is 15.1 Å². The second-order valence-electron chi connectivity index (χ2n) is 6.45.